The van der Waals surface area contributed by atoms with Crippen molar-refractivity contribution < 1.29 is 14.7 Å². The maximum atomic E-state index is 12.6. The van der Waals surface area contributed by atoms with Crippen molar-refractivity contribution in [2.24, 2.45) is 0 Å². The molecule has 3 rings (SSSR count). The second kappa shape index (κ2) is 6.11. The Bertz CT molecular complexity index is 770. The fourth-order valence-corrected chi connectivity index (χ4v) is 2.80. The largest absolute Gasteiger partial charge is 0.480 e. The van der Waals surface area contributed by atoms with Crippen LogP contribution in [0.3, 0.4) is 0 Å². The van der Waals surface area contributed by atoms with Crippen molar-refractivity contribution >= 4 is 27.8 Å². The Labute approximate surface area is 141 Å². The first-order chi connectivity index (χ1) is 11.0. The summed E-state index contributed by atoms with van der Waals surface area (Å²) in [5.74, 6) is -1.41. The van der Waals surface area contributed by atoms with Gasteiger partial charge >= 0.3 is 5.97 Å². The number of aromatic nitrogens is 3. The Morgan fingerprint density at radius 3 is 2.78 bits per heavy atom. The van der Waals surface area contributed by atoms with Crippen molar-refractivity contribution in [3.8, 4) is 5.69 Å². The minimum Gasteiger partial charge on any atom is -0.480 e. The first kappa shape index (κ1) is 15.7. The molecule has 0 bridgehead atoms. The summed E-state index contributed by atoms with van der Waals surface area (Å²) in [7, 11) is 0. The third-order valence-corrected chi connectivity index (χ3v) is 4.20. The molecule has 7 nitrogen and oxygen atoms in total. The molecular weight excluding hydrogens is 364 g/mol. The fourth-order valence-electron chi connectivity index (χ4n) is 2.41. The molecule has 8 heteroatoms. The van der Waals surface area contributed by atoms with Crippen LogP contribution in [0.25, 0.3) is 5.69 Å². The molecule has 0 atom stereocenters. The van der Waals surface area contributed by atoms with E-state index in [1.54, 1.807) is 11.6 Å². The second-order valence-corrected chi connectivity index (χ2v) is 6.39. The normalized spacial score (nSPS) is 13.8. The van der Waals surface area contributed by atoms with Gasteiger partial charge in [-0.25, -0.2) is 4.68 Å². The lowest BCUT2D eigenvalue weighted by Crippen LogP contribution is -2.38. The van der Waals surface area contributed by atoms with E-state index >= 15 is 0 Å². The van der Waals surface area contributed by atoms with Gasteiger partial charge in [0, 0.05) is 10.5 Å². The summed E-state index contributed by atoms with van der Waals surface area (Å²) in [4.78, 5) is 25.0. The number of hydrogen-bond donors (Lipinski definition) is 1. The molecule has 1 aromatic heterocycles. The van der Waals surface area contributed by atoms with Gasteiger partial charge in [0.1, 0.15) is 6.54 Å². The van der Waals surface area contributed by atoms with Gasteiger partial charge in [0.25, 0.3) is 5.91 Å². The summed E-state index contributed by atoms with van der Waals surface area (Å²) in [6.45, 7) is 1.44. The molecule has 1 fully saturated rings. The van der Waals surface area contributed by atoms with E-state index in [4.69, 9.17) is 5.11 Å². The van der Waals surface area contributed by atoms with Crippen molar-refractivity contribution in [2.75, 3.05) is 6.54 Å². The van der Waals surface area contributed by atoms with Crippen LogP contribution in [0.1, 0.15) is 29.0 Å². The topological polar surface area (TPSA) is 88.3 Å². The molecule has 1 aromatic carbocycles. The van der Waals surface area contributed by atoms with Crippen LogP contribution in [0.4, 0.5) is 0 Å². The van der Waals surface area contributed by atoms with E-state index in [1.807, 2.05) is 24.3 Å². The van der Waals surface area contributed by atoms with Crippen molar-refractivity contribution in [1.29, 1.82) is 0 Å². The molecule has 1 saturated carbocycles. The number of carboxylic acid groups (broad SMARTS) is 1. The Hall–Kier alpha value is -2.22. The Kier molecular flexibility index (Phi) is 4.16. The average Bonchev–Trinajstić information content (AvgIpc) is 3.26. The van der Waals surface area contributed by atoms with Crippen molar-refractivity contribution in [3.05, 3.63) is 40.1 Å². The Morgan fingerprint density at radius 1 is 1.43 bits per heavy atom. The van der Waals surface area contributed by atoms with E-state index in [2.05, 4.69) is 26.2 Å². The minimum absolute atomic E-state index is 0.00554. The molecule has 0 radical (unpaired) electrons. The molecule has 0 spiro atoms. The fraction of sp³-hybridized carbons (Fsp3) is 0.333. The van der Waals surface area contributed by atoms with Crippen LogP contribution >= 0.6 is 15.9 Å². The summed E-state index contributed by atoms with van der Waals surface area (Å²) in [6, 6.07) is 7.48. The molecule has 0 aliphatic heterocycles. The van der Waals surface area contributed by atoms with Gasteiger partial charge in [-0.2, -0.15) is 0 Å². The standard InChI is InChI=1S/C15H15BrN4O3/c1-9-14(15(23)19(8-13(21)22)11-5-6-11)17-18-20(9)12-4-2-3-10(16)7-12/h2-4,7,11H,5-6,8H2,1H3,(H,21,22). The molecule has 2 aromatic rings. The van der Waals surface area contributed by atoms with Gasteiger partial charge in [-0.1, -0.05) is 27.2 Å². The third-order valence-electron chi connectivity index (χ3n) is 3.70. The smallest absolute Gasteiger partial charge is 0.323 e. The van der Waals surface area contributed by atoms with E-state index in [1.165, 1.54) is 4.90 Å². The first-order valence-corrected chi connectivity index (χ1v) is 7.97. The van der Waals surface area contributed by atoms with Crippen LogP contribution in [0.2, 0.25) is 0 Å². The van der Waals surface area contributed by atoms with Gasteiger partial charge in [0.05, 0.1) is 11.4 Å². The lowest BCUT2D eigenvalue weighted by molar-refractivity contribution is -0.137. The van der Waals surface area contributed by atoms with Crippen LogP contribution in [0.5, 0.6) is 0 Å². The predicted molar refractivity (Wildman–Crippen MR) is 85.5 cm³/mol. The van der Waals surface area contributed by atoms with Crippen LogP contribution in [0, 0.1) is 6.92 Å². The van der Waals surface area contributed by atoms with E-state index in [9.17, 15) is 9.59 Å². The second-order valence-electron chi connectivity index (χ2n) is 5.47. The predicted octanol–water partition coefficient (Wildman–Crippen LogP) is 2.03. The summed E-state index contributed by atoms with van der Waals surface area (Å²) < 4.78 is 2.47. The molecule has 0 unspecified atom stereocenters. The van der Waals surface area contributed by atoms with Crippen LogP contribution in [0.15, 0.2) is 28.7 Å². The first-order valence-electron chi connectivity index (χ1n) is 7.18. The quantitative estimate of drug-likeness (QED) is 0.859. The molecule has 1 aliphatic rings. The van der Waals surface area contributed by atoms with Crippen molar-refractivity contribution in [2.45, 2.75) is 25.8 Å². The lowest BCUT2D eigenvalue weighted by atomic mass is 10.2. The molecule has 1 N–H and O–H groups in total. The molecule has 23 heavy (non-hydrogen) atoms. The Morgan fingerprint density at radius 2 is 2.17 bits per heavy atom. The van der Waals surface area contributed by atoms with E-state index < -0.39 is 5.97 Å². The summed E-state index contributed by atoms with van der Waals surface area (Å²) in [6.07, 6.45) is 1.66. The number of amides is 1. The summed E-state index contributed by atoms with van der Waals surface area (Å²) in [5, 5.41) is 17.0. The number of halogens is 1. The van der Waals surface area contributed by atoms with E-state index in [0.29, 0.717) is 5.69 Å². The highest BCUT2D eigenvalue weighted by Gasteiger charge is 2.36. The minimum atomic E-state index is -1.03. The molecule has 1 aliphatic carbocycles. The maximum Gasteiger partial charge on any atom is 0.323 e. The van der Waals surface area contributed by atoms with Crippen LogP contribution in [-0.2, 0) is 4.79 Å². The van der Waals surface area contributed by atoms with E-state index in [-0.39, 0.29) is 24.2 Å². The van der Waals surface area contributed by atoms with E-state index in [0.717, 1.165) is 23.0 Å². The summed E-state index contributed by atoms with van der Waals surface area (Å²) >= 11 is 3.40. The third kappa shape index (κ3) is 3.26. The zero-order chi connectivity index (χ0) is 16.6. The number of nitrogens with zero attached hydrogens (tertiary/aromatic N) is 4. The zero-order valence-electron chi connectivity index (χ0n) is 12.4. The SMILES string of the molecule is Cc1c(C(=O)N(CC(=O)O)C2CC2)nnn1-c1cccc(Br)c1. The maximum absolute atomic E-state index is 12.6. The van der Waals surface area contributed by atoms with Gasteiger partial charge < -0.3 is 10.0 Å². The van der Waals surface area contributed by atoms with Crippen molar-refractivity contribution in [3.63, 3.8) is 0 Å². The van der Waals surface area contributed by atoms with Gasteiger partial charge in [-0.05, 0) is 38.0 Å². The number of carboxylic acids is 1. The number of rotatable bonds is 5. The summed E-state index contributed by atoms with van der Waals surface area (Å²) in [5.41, 5.74) is 1.56. The highest BCUT2D eigenvalue weighted by Crippen LogP contribution is 2.28. The molecular formula is C15H15BrN4O3. The number of aliphatic carboxylic acids is 1. The van der Waals surface area contributed by atoms with Gasteiger partial charge in [-0.15, -0.1) is 5.10 Å². The molecule has 1 amide bonds. The van der Waals surface area contributed by atoms with Crippen LogP contribution in [-0.4, -0.2) is 49.5 Å². The molecule has 0 saturated heterocycles. The number of carbonyl (C=O) groups excluding carboxylic acids is 1. The number of benzene rings is 1. The van der Waals surface area contributed by atoms with Crippen LogP contribution < -0.4 is 0 Å². The highest BCUT2D eigenvalue weighted by molar-refractivity contribution is 9.10. The highest BCUT2D eigenvalue weighted by atomic mass is 79.9. The monoisotopic (exact) mass is 378 g/mol. The van der Waals surface area contributed by atoms with Gasteiger partial charge in [0.2, 0.25) is 0 Å². The van der Waals surface area contributed by atoms with Gasteiger partial charge in [0.15, 0.2) is 5.69 Å². The van der Waals surface area contributed by atoms with Crippen molar-refractivity contribution in [1.82, 2.24) is 19.9 Å². The molecule has 1 heterocycles. The Balaban J connectivity index is 1.91. The number of hydrogen-bond acceptors (Lipinski definition) is 4. The molecule has 120 valence electrons. The van der Waals surface area contributed by atoms with Gasteiger partial charge in [-0.3, -0.25) is 9.59 Å². The lowest BCUT2D eigenvalue weighted by Gasteiger charge is -2.19. The zero-order valence-corrected chi connectivity index (χ0v) is 14.0. The number of carbonyl (C=O) groups is 2. The average molecular weight is 379 g/mol.